The minimum atomic E-state index is -2.58. The number of aromatic nitrogens is 2. The zero-order chi connectivity index (χ0) is 19.6. The van der Waals surface area contributed by atoms with Gasteiger partial charge in [-0.2, -0.15) is 8.78 Å². The summed E-state index contributed by atoms with van der Waals surface area (Å²) in [7, 11) is 1.75. The number of fused-ring (bicyclic) bond motifs is 2. The highest BCUT2D eigenvalue weighted by molar-refractivity contribution is 5.80. The second-order valence-electron chi connectivity index (χ2n) is 7.75. The third kappa shape index (κ3) is 3.50. The van der Waals surface area contributed by atoms with Crippen LogP contribution < -0.4 is 5.32 Å². The zero-order valence-corrected chi connectivity index (χ0v) is 16.2. The molecule has 2 heterocycles. The molecule has 1 aromatic heterocycles. The molecular formula is C21H27F2N5. The first-order valence-electron chi connectivity index (χ1n) is 9.97. The van der Waals surface area contributed by atoms with Crippen molar-refractivity contribution in [2.75, 3.05) is 20.1 Å². The van der Waals surface area contributed by atoms with Gasteiger partial charge >= 0.3 is 6.55 Å². The third-order valence-electron chi connectivity index (χ3n) is 6.14. The van der Waals surface area contributed by atoms with Crippen LogP contribution in [0.15, 0.2) is 41.7 Å². The van der Waals surface area contributed by atoms with Crippen LogP contribution in [0.1, 0.15) is 49.2 Å². The summed E-state index contributed by atoms with van der Waals surface area (Å²) in [6.07, 6.45) is 8.55. The Morgan fingerprint density at radius 3 is 2.93 bits per heavy atom. The molecule has 2 aliphatic rings. The van der Waals surface area contributed by atoms with Crippen LogP contribution >= 0.6 is 0 Å². The maximum atomic E-state index is 13.1. The van der Waals surface area contributed by atoms with Gasteiger partial charge in [-0.05, 0) is 43.2 Å². The summed E-state index contributed by atoms with van der Waals surface area (Å²) < 4.78 is 27.0. The number of piperidine rings is 1. The van der Waals surface area contributed by atoms with E-state index in [-0.39, 0.29) is 12.0 Å². The number of nitrogens with one attached hydrogen (secondary N) is 1. The highest BCUT2D eigenvalue weighted by atomic mass is 19.3. The molecule has 1 spiro atoms. The number of hydrogen-bond donors (Lipinski definition) is 1. The van der Waals surface area contributed by atoms with Gasteiger partial charge in [-0.25, -0.2) is 4.98 Å². The standard InChI is InChI=1S/C21H27F2N5/c1-24-20(26-14-18-25-11-13-28(18)19(22)23)27-12-5-10-21(15-27)9-4-7-16-6-2-3-8-17(16)21/h2-3,6,8,11,13,19H,4-5,7,9-10,12,14-15H2,1H3,(H,24,26). The number of rotatable bonds is 3. The van der Waals surface area contributed by atoms with Gasteiger partial charge in [0.25, 0.3) is 0 Å². The summed E-state index contributed by atoms with van der Waals surface area (Å²) in [5.74, 6) is 1.07. The number of benzene rings is 1. The average molecular weight is 387 g/mol. The predicted molar refractivity (Wildman–Crippen MR) is 106 cm³/mol. The molecule has 1 atom stereocenters. The fourth-order valence-electron chi connectivity index (χ4n) is 4.89. The molecule has 0 saturated carbocycles. The Morgan fingerprint density at radius 1 is 1.29 bits per heavy atom. The van der Waals surface area contributed by atoms with Crippen molar-refractivity contribution in [2.24, 2.45) is 4.99 Å². The zero-order valence-electron chi connectivity index (χ0n) is 16.2. The molecule has 1 aliphatic carbocycles. The molecule has 1 aromatic carbocycles. The van der Waals surface area contributed by atoms with E-state index in [4.69, 9.17) is 0 Å². The second kappa shape index (κ2) is 7.89. The molecule has 150 valence electrons. The topological polar surface area (TPSA) is 45.5 Å². The van der Waals surface area contributed by atoms with Gasteiger partial charge in [-0.3, -0.25) is 9.56 Å². The Morgan fingerprint density at radius 2 is 2.11 bits per heavy atom. The Kier molecular flexibility index (Phi) is 5.33. The average Bonchev–Trinajstić information content (AvgIpc) is 3.18. The van der Waals surface area contributed by atoms with Crippen LogP contribution in [0, 0.1) is 0 Å². The van der Waals surface area contributed by atoms with Crippen LogP contribution in [-0.4, -0.2) is 40.5 Å². The van der Waals surface area contributed by atoms with Gasteiger partial charge in [0, 0.05) is 37.9 Å². The maximum absolute atomic E-state index is 13.1. The van der Waals surface area contributed by atoms with Crippen LogP contribution in [0.25, 0.3) is 0 Å². The van der Waals surface area contributed by atoms with Crippen LogP contribution in [0.4, 0.5) is 8.78 Å². The normalized spacial score (nSPS) is 22.6. The second-order valence-corrected chi connectivity index (χ2v) is 7.75. The van der Waals surface area contributed by atoms with Crippen LogP contribution in [0.2, 0.25) is 0 Å². The number of imidazole rings is 1. The van der Waals surface area contributed by atoms with Gasteiger partial charge in [0.05, 0.1) is 6.54 Å². The Bertz CT molecular complexity index is 847. The number of nitrogens with zero attached hydrogens (tertiary/aromatic N) is 4. The molecule has 7 heteroatoms. The van der Waals surface area contributed by atoms with Gasteiger partial charge in [0.15, 0.2) is 5.96 Å². The van der Waals surface area contributed by atoms with Gasteiger partial charge in [0.1, 0.15) is 5.82 Å². The number of aliphatic imine (C=N–C) groups is 1. The molecule has 1 saturated heterocycles. The molecule has 1 N–H and O–H groups in total. The van der Waals surface area contributed by atoms with E-state index in [1.807, 2.05) is 0 Å². The predicted octanol–water partition coefficient (Wildman–Crippen LogP) is 3.72. The molecule has 0 radical (unpaired) electrons. The van der Waals surface area contributed by atoms with Crippen molar-refractivity contribution in [2.45, 2.75) is 50.6 Å². The maximum Gasteiger partial charge on any atom is 0.319 e. The molecule has 1 aliphatic heterocycles. The van der Waals surface area contributed by atoms with Crippen molar-refractivity contribution in [3.05, 3.63) is 53.6 Å². The van der Waals surface area contributed by atoms with Crippen molar-refractivity contribution in [3.8, 4) is 0 Å². The third-order valence-corrected chi connectivity index (χ3v) is 6.14. The van der Waals surface area contributed by atoms with Gasteiger partial charge in [-0.1, -0.05) is 24.3 Å². The lowest BCUT2D eigenvalue weighted by Crippen LogP contribution is -2.53. The first kappa shape index (κ1) is 18.9. The summed E-state index contributed by atoms with van der Waals surface area (Å²) in [5, 5.41) is 3.24. The van der Waals surface area contributed by atoms with Crippen LogP contribution in [-0.2, 0) is 18.4 Å². The van der Waals surface area contributed by atoms with E-state index in [0.717, 1.165) is 36.5 Å². The minimum Gasteiger partial charge on any atom is -0.349 e. The molecule has 1 unspecified atom stereocenters. The summed E-state index contributed by atoms with van der Waals surface area (Å²) in [4.78, 5) is 10.8. The Hall–Kier alpha value is -2.44. The number of halogens is 2. The van der Waals surface area contributed by atoms with Crippen molar-refractivity contribution in [1.29, 1.82) is 0 Å². The quantitative estimate of drug-likeness (QED) is 0.645. The molecule has 2 aromatic rings. The van der Waals surface area contributed by atoms with E-state index < -0.39 is 6.55 Å². The lowest BCUT2D eigenvalue weighted by atomic mass is 9.66. The van der Waals surface area contributed by atoms with Gasteiger partial charge in [-0.15, -0.1) is 0 Å². The van der Waals surface area contributed by atoms with Crippen molar-refractivity contribution in [1.82, 2.24) is 19.8 Å². The van der Waals surface area contributed by atoms with E-state index in [1.165, 1.54) is 42.8 Å². The van der Waals surface area contributed by atoms with Crippen molar-refractivity contribution in [3.63, 3.8) is 0 Å². The summed E-state index contributed by atoms with van der Waals surface area (Å²) in [6.45, 7) is -0.525. The number of guanidine groups is 1. The van der Waals surface area contributed by atoms with Gasteiger partial charge in [0.2, 0.25) is 0 Å². The first-order chi connectivity index (χ1) is 13.6. The molecular weight excluding hydrogens is 360 g/mol. The first-order valence-corrected chi connectivity index (χ1v) is 9.97. The van der Waals surface area contributed by atoms with E-state index in [9.17, 15) is 8.78 Å². The summed E-state index contributed by atoms with van der Waals surface area (Å²) in [6, 6.07) is 8.81. The molecule has 4 rings (SSSR count). The highest BCUT2D eigenvalue weighted by Crippen LogP contribution is 2.43. The highest BCUT2D eigenvalue weighted by Gasteiger charge is 2.40. The molecule has 28 heavy (non-hydrogen) atoms. The lowest BCUT2D eigenvalue weighted by molar-refractivity contribution is 0.0668. The Balaban J connectivity index is 1.50. The summed E-state index contributed by atoms with van der Waals surface area (Å²) in [5.41, 5.74) is 3.11. The molecule has 0 amide bonds. The fourth-order valence-corrected chi connectivity index (χ4v) is 4.89. The minimum absolute atomic E-state index is 0.159. The molecule has 0 bridgehead atoms. The number of aryl methyl sites for hydroxylation is 1. The van der Waals surface area contributed by atoms with E-state index >= 15 is 0 Å². The van der Waals surface area contributed by atoms with Crippen LogP contribution in [0.5, 0.6) is 0 Å². The number of hydrogen-bond acceptors (Lipinski definition) is 2. The molecule has 5 nitrogen and oxygen atoms in total. The Labute approximate surface area is 164 Å². The number of alkyl halides is 2. The number of likely N-dealkylation sites (tertiary alicyclic amines) is 1. The summed E-state index contributed by atoms with van der Waals surface area (Å²) >= 11 is 0. The smallest absolute Gasteiger partial charge is 0.319 e. The van der Waals surface area contributed by atoms with Gasteiger partial charge < -0.3 is 10.2 Å². The monoisotopic (exact) mass is 387 g/mol. The largest absolute Gasteiger partial charge is 0.349 e. The van der Waals surface area contributed by atoms with Crippen molar-refractivity contribution >= 4 is 5.96 Å². The van der Waals surface area contributed by atoms with Crippen molar-refractivity contribution < 1.29 is 8.78 Å². The van der Waals surface area contributed by atoms with E-state index in [0.29, 0.717) is 5.82 Å². The molecule has 1 fully saturated rings. The lowest BCUT2D eigenvalue weighted by Gasteiger charge is -2.47. The van der Waals surface area contributed by atoms with Crippen LogP contribution in [0.3, 0.4) is 0 Å². The SMILES string of the molecule is CN=C(NCc1nccn1C(F)F)N1CCCC2(CCCc3ccccc32)C1. The van der Waals surface area contributed by atoms with E-state index in [2.05, 4.69) is 44.5 Å². The van der Waals surface area contributed by atoms with E-state index in [1.54, 1.807) is 7.05 Å². The fraction of sp³-hybridized carbons (Fsp3) is 0.524.